The molecule has 20 heavy (non-hydrogen) atoms. The number of nitrogens with zero attached hydrogens (tertiary/aromatic N) is 2. The van der Waals surface area contributed by atoms with Crippen molar-refractivity contribution >= 4 is 22.6 Å². The van der Waals surface area contributed by atoms with Gasteiger partial charge in [-0.1, -0.05) is 32.5 Å². The van der Waals surface area contributed by atoms with E-state index in [9.17, 15) is 0 Å². The minimum absolute atomic E-state index is 0.351. The lowest BCUT2D eigenvalue weighted by Crippen LogP contribution is -2.16. The topological polar surface area (TPSA) is 46.5 Å². The van der Waals surface area contributed by atoms with Gasteiger partial charge in [0.25, 0.3) is 0 Å². The van der Waals surface area contributed by atoms with E-state index in [0.717, 1.165) is 17.4 Å². The highest BCUT2D eigenvalue weighted by Crippen LogP contribution is 2.32. The summed E-state index contributed by atoms with van der Waals surface area (Å²) in [5.74, 6) is 0.657. The Hall–Kier alpha value is -1.23. The van der Waals surface area contributed by atoms with Gasteiger partial charge in [-0.2, -0.15) is 0 Å². The molecule has 1 aliphatic heterocycles. The summed E-state index contributed by atoms with van der Waals surface area (Å²) in [6, 6.07) is 3.84. The van der Waals surface area contributed by atoms with Crippen molar-refractivity contribution in [2.75, 3.05) is 18.5 Å². The quantitative estimate of drug-likeness (QED) is 0.917. The average Bonchev–Trinajstić information content (AvgIpc) is 2.77. The first-order valence-electron chi connectivity index (χ1n) is 7.03. The van der Waals surface area contributed by atoms with Gasteiger partial charge in [-0.3, -0.25) is 4.99 Å². The average molecular weight is 293 g/mol. The van der Waals surface area contributed by atoms with Crippen LogP contribution in [-0.2, 0) is 0 Å². The van der Waals surface area contributed by atoms with Crippen LogP contribution in [0.15, 0.2) is 23.3 Å². The molecule has 0 amide bonds. The normalized spacial score (nSPS) is 18.8. The molecule has 1 aromatic heterocycles. The van der Waals surface area contributed by atoms with Crippen LogP contribution in [0, 0.1) is 5.41 Å². The molecule has 2 rings (SSSR count). The lowest BCUT2D eigenvalue weighted by molar-refractivity contribution is 0.327. The predicted molar refractivity (Wildman–Crippen MR) is 86.8 cm³/mol. The van der Waals surface area contributed by atoms with Crippen LogP contribution in [0.1, 0.15) is 34.1 Å². The minimum atomic E-state index is 0.351. The van der Waals surface area contributed by atoms with Gasteiger partial charge < -0.3 is 10.1 Å². The van der Waals surface area contributed by atoms with Crippen molar-refractivity contribution < 1.29 is 4.74 Å². The third-order valence-electron chi connectivity index (χ3n) is 2.84. The van der Waals surface area contributed by atoms with Crippen molar-refractivity contribution in [2.45, 2.75) is 39.4 Å². The third-order valence-corrected chi connectivity index (χ3v) is 3.94. The molecule has 0 saturated carbocycles. The molecule has 4 nitrogen and oxygen atoms in total. The van der Waals surface area contributed by atoms with Crippen LogP contribution in [0.2, 0.25) is 0 Å². The number of rotatable bonds is 4. The van der Waals surface area contributed by atoms with Gasteiger partial charge in [-0.25, -0.2) is 4.98 Å². The van der Waals surface area contributed by atoms with E-state index in [1.807, 2.05) is 30.8 Å². The lowest BCUT2D eigenvalue weighted by atomic mass is 9.90. The van der Waals surface area contributed by atoms with Gasteiger partial charge in [0.2, 0.25) is 5.88 Å². The van der Waals surface area contributed by atoms with Crippen LogP contribution >= 0.6 is 11.8 Å². The van der Waals surface area contributed by atoms with Crippen molar-refractivity contribution in [3.05, 3.63) is 18.3 Å². The molecule has 2 heterocycles. The predicted octanol–water partition coefficient (Wildman–Crippen LogP) is 3.80. The summed E-state index contributed by atoms with van der Waals surface area (Å²) in [7, 11) is 0. The standard InChI is InChI=1S/C15H23N3OS/c1-5-19-13-7-6-11(9-16-13)18-14-17-10-12(20-14)8-15(2,3)4/h6-7,9,12H,5,8,10H2,1-4H3,(H,17,18). The smallest absolute Gasteiger partial charge is 0.213 e. The van der Waals surface area contributed by atoms with Gasteiger partial charge in [0, 0.05) is 11.3 Å². The van der Waals surface area contributed by atoms with E-state index < -0.39 is 0 Å². The summed E-state index contributed by atoms with van der Waals surface area (Å²) >= 11 is 1.83. The largest absolute Gasteiger partial charge is 0.478 e. The summed E-state index contributed by atoms with van der Waals surface area (Å²) in [5, 5.41) is 4.89. The first-order chi connectivity index (χ1) is 9.46. The molecule has 1 aromatic rings. The summed E-state index contributed by atoms with van der Waals surface area (Å²) in [6.45, 7) is 10.3. The van der Waals surface area contributed by atoms with Crippen molar-refractivity contribution in [3.63, 3.8) is 0 Å². The Bertz CT molecular complexity index is 465. The third kappa shape index (κ3) is 4.71. The Morgan fingerprint density at radius 3 is 2.80 bits per heavy atom. The second-order valence-corrected chi connectivity index (χ2v) is 7.38. The van der Waals surface area contributed by atoms with Crippen LogP contribution in [-0.4, -0.2) is 28.6 Å². The van der Waals surface area contributed by atoms with Crippen LogP contribution in [0.4, 0.5) is 5.69 Å². The highest BCUT2D eigenvalue weighted by atomic mass is 32.2. The Kier molecular flexibility index (Phi) is 4.91. The molecule has 1 atom stereocenters. The second kappa shape index (κ2) is 6.48. The van der Waals surface area contributed by atoms with E-state index >= 15 is 0 Å². The van der Waals surface area contributed by atoms with Crippen LogP contribution in [0.25, 0.3) is 0 Å². The fourth-order valence-corrected chi connectivity index (χ4v) is 3.46. The Morgan fingerprint density at radius 2 is 2.20 bits per heavy atom. The number of anilines is 1. The summed E-state index contributed by atoms with van der Waals surface area (Å²) in [4.78, 5) is 8.80. The molecular formula is C15H23N3OS. The van der Waals surface area contributed by atoms with Crippen molar-refractivity contribution in [3.8, 4) is 5.88 Å². The maximum absolute atomic E-state index is 5.33. The summed E-state index contributed by atoms with van der Waals surface area (Å²) < 4.78 is 5.33. The number of aliphatic imine (C=N–C) groups is 1. The van der Waals surface area contributed by atoms with E-state index in [2.05, 4.69) is 36.1 Å². The fraction of sp³-hybridized carbons (Fsp3) is 0.600. The van der Waals surface area contributed by atoms with Crippen molar-refractivity contribution in [2.24, 2.45) is 10.4 Å². The first-order valence-corrected chi connectivity index (χ1v) is 7.91. The Labute approximate surface area is 125 Å². The van der Waals surface area contributed by atoms with E-state index in [1.165, 1.54) is 6.42 Å². The molecular weight excluding hydrogens is 270 g/mol. The van der Waals surface area contributed by atoms with Gasteiger partial charge in [0.15, 0.2) is 5.17 Å². The molecule has 5 heteroatoms. The minimum Gasteiger partial charge on any atom is -0.478 e. The van der Waals surface area contributed by atoms with Crippen molar-refractivity contribution in [1.29, 1.82) is 0 Å². The first kappa shape index (κ1) is 15.2. The van der Waals surface area contributed by atoms with Crippen LogP contribution < -0.4 is 10.1 Å². The molecule has 110 valence electrons. The van der Waals surface area contributed by atoms with E-state index in [4.69, 9.17) is 4.74 Å². The molecule has 0 bridgehead atoms. The van der Waals surface area contributed by atoms with Gasteiger partial charge in [0.1, 0.15) is 0 Å². The zero-order valence-electron chi connectivity index (χ0n) is 12.6. The number of thioether (sulfide) groups is 1. The Balaban J connectivity index is 1.85. The lowest BCUT2D eigenvalue weighted by Gasteiger charge is -2.21. The number of nitrogens with one attached hydrogen (secondary N) is 1. The summed E-state index contributed by atoms with van der Waals surface area (Å²) in [6.07, 6.45) is 2.96. The molecule has 0 aromatic carbocycles. The molecule has 0 aliphatic carbocycles. The number of hydrogen-bond donors (Lipinski definition) is 1. The molecule has 1 N–H and O–H groups in total. The zero-order chi connectivity index (χ0) is 14.6. The maximum Gasteiger partial charge on any atom is 0.213 e. The number of ether oxygens (including phenoxy) is 1. The monoisotopic (exact) mass is 293 g/mol. The highest BCUT2D eigenvalue weighted by Gasteiger charge is 2.25. The number of hydrogen-bond acceptors (Lipinski definition) is 5. The second-order valence-electron chi connectivity index (χ2n) is 6.09. The fourth-order valence-electron chi connectivity index (χ4n) is 2.09. The molecule has 0 fully saturated rings. The molecule has 0 radical (unpaired) electrons. The van der Waals surface area contributed by atoms with Gasteiger partial charge in [-0.05, 0) is 24.8 Å². The van der Waals surface area contributed by atoms with Gasteiger partial charge in [0.05, 0.1) is 25.0 Å². The zero-order valence-corrected chi connectivity index (χ0v) is 13.5. The van der Waals surface area contributed by atoms with Crippen molar-refractivity contribution in [1.82, 2.24) is 4.98 Å². The van der Waals surface area contributed by atoms with Gasteiger partial charge in [-0.15, -0.1) is 0 Å². The van der Waals surface area contributed by atoms with E-state index in [1.54, 1.807) is 6.20 Å². The SMILES string of the molecule is CCOc1ccc(NC2=NCC(CC(C)(C)C)S2)cn1. The number of aromatic nitrogens is 1. The van der Waals surface area contributed by atoms with Gasteiger partial charge >= 0.3 is 0 Å². The maximum atomic E-state index is 5.33. The van der Waals surface area contributed by atoms with Crippen LogP contribution in [0.5, 0.6) is 5.88 Å². The van der Waals surface area contributed by atoms with Crippen LogP contribution in [0.3, 0.4) is 0 Å². The highest BCUT2D eigenvalue weighted by molar-refractivity contribution is 8.15. The summed E-state index contributed by atoms with van der Waals surface area (Å²) in [5.41, 5.74) is 1.31. The molecule has 0 saturated heterocycles. The van der Waals surface area contributed by atoms with E-state index in [-0.39, 0.29) is 0 Å². The molecule has 0 spiro atoms. The van der Waals surface area contributed by atoms with E-state index in [0.29, 0.717) is 23.2 Å². The number of pyridine rings is 1. The molecule has 1 unspecified atom stereocenters. The Morgan fingerprint density at radius 1 is 1.40 bits per heavy atom. The molecule has 1 aliphatic rings. The number of amidine groups is 1.